The molecule has 7 nitrogen and oxygen atoms in total. The molecule has 0 N–H and O–H groups in total. The van der Waals surface area contributed by atoms with Gasteiger partial charge in [0.15, 0.2) is 0 Å². The van der Waals surface area contributed by atoms with Crippen LogP contribution >= 0.6 is 0 Å². The predicted octanol–water partition coefficient (Wildman–Crippen LogP) is 5.10. The zero-order valence-electron chi connectivity index (χ0n) is 21.4. The van der Waals surface area contributed by atoms with E-state index in [0.29, 0.717) is 6.54 Å². The molecule has 3 aromatic rings. The van der Waals surface area contributed by atoms with Crippen LogP contribution in [0.1, 0.15) is 43.2 Å². The normalized spacial score (nSPS) is 15.4. The Morgan fingerprint density at radius 1 is 0.889 bits per heavy atom. The molecule has 0 aliphatic carbocycles. The van der Waals surface area contributed by atoms with E-state index in [1.165, 1.54) is 18.4 Å². The highest BCUT2D eigenvalue weighted by Gasteiger charge is 2.21. The van der Waals surface area contributed by atoms with E-state index in [9.17, 15) is 4.79 Å². The van der Waals surface area contributed by atoms with Crippen LogP contribution in [0.4, 0.5) is 5.69 Å². The van der Waals surface area contributed by atoms with Gasteiger partial charge in [-0.25, -0.2) is 9.97 Å². The fourth-order valence-electron chi connectivity index (χ4n) is 4.76. The number of rotatable bonds is 6. The lowest BCUT2D eigenvalue weighted by atomic mass is 10.0. The van der Waals surface area contributed by atoms with Crippen LogP contribution < -0.4 is 9.64 Å². The Morgan fingerprint density at radius 3 is 2.33 bits per heavy atom. The predicted molar refractivity (Wildman–Crippen MR) is 142 cm³/mol. The first-order valence-electron chi connectivity index (χ1n) is 12.7. The van der Waals surface area contributed by atoms with Crippen molar-refractivity contribution < 1.29 is 14.3 Å². The van der Waals surface area contributed by atoms with E-state index in [1.807, 2.05) is 29.4 Å². The fraction of sp³-hybridized carbons (Fsp3) is 0.414. The van der Waals surface area contributed by atoms with Gasteiger partial charge in [-0.1, -0.05) is 37.5 Å². The molecule has 0 spiro atoms. The molecule has 0 saturated carbocycles. The number of hydrogen-bond donors (Lipinski definition) is 0. The van der Waals surface area contributed by atoms with Crippen molar-refractivity contribution in [1.29, 1.82) is 0 Å². The van der Waals surface area contributed by atoms with Crippen molar-refractivity contribution in [3.63, 3.8) is 0 Å². The molecule has 0 unspecified atom stereocenters. The number of carbonyl (C=O) groups excluding carboxylic acids is 1. The number of carbonyl (C=O) groups is 1. The van der Waals surface area contributed by atoms with Gasteiger partial charge in [-0.15, -0.1) is 0 Å². The van der Waals surface area contributed by atoms with E-state index in [2.05, 4.69) is 45.2 Å². The first-order valence-corrected chi connectivity index (χ1v) is 12.7. The van der Waals surface area contributed by atoms with Crippen molar-refractivity contribution in [2.24, 2.45) is 0 Å². The molecule has 1 amide bonds. The molecule has 36 heavy (non-hydrogen) atoms. The molecular formula is C29H36N4O3. The lowest BCUT2D eigenvalue weighted by Crippen LogP contribution is -2.36. The number of ether oxygens (including phenoxy) is 2. The van der Waals surface area contributed by atoms with Gasteiger partial charge in [0, 0.05) is 50.4 Å². The second kappa shape index (κ2) is 13.1. The molecule has 0 fully saturated rings. The monoisotopic (exact) mass is 488 g/mol. The summed E-state index contributed by atoms with van der Waals surface area (Å²) >= 11 is 0. The summed E-state index contributed by atoms with van der Waals surface area (Å²) in [5, 5.41) is 0. The van der Waals surface area contributed by atoms with Crippen molar-refractivity contribution in [3.05, 3.63) is 72.3 Å². The molecule has 0 radical (unpaired) electrons. The first kappa shape index (κ1) is 25.8. The molecule has 1 aliphatic heterocycles. The summed E-state index contributed by atoms with van der Waals surface area (Å²) in [6, 6.07) is 14.6. The van der Waals surface area contributed by atoms with E-state index < -0.39 is 0 Å². The number of nitrogens with zero attached hydrogens (tertiary/aromatic N) is 4. The SMILES string of the molecule is COCC(=O)N1CCCCCCCN(Cc2ccc(OC)cc2)Cc2cc(-c3cncnc3)ccc21. The van der Waals surface area contributed by atoms with Gasteiger partial charge < -0.3 is 14.4 Å². The van der Waals surface area contributed by atoms with Crippen LogP contribution in [0.2, 0.25) is 0 Å². The Morgan fingerprint density at radius 2 is 1.61 bits per heavy atom. The zero-order valence-corrected chi connectivity index (χ0v) is 21.4. The Kier molecular flexibility index (Phi) is 9.41. The average Bonchev–Trinajstić information content (AvgIpc) is 2.90. The van der Waals surface area contributed by atoms with Crippen LogP contribution in [0, 0.1) is 0 Å². The van der Waals surface area contributed by atoms with E-state index >= 15 is 0 Å². The van der Waals surface area contributed by atoms with Gasteiger partial charge in [0.2, 0.25) is 0 Å². The summed E-state index contributed by atoms with van der Waals surface area (Å²) in [5.41, 5.74) is 5.32. The van der Waals surface area contributed by atoms with Gasteiger partial charge in [0.05, 0.1) is 7.11 Å². The lowest BCUT2D eigenvalue weighted by molar-refractivity contribution is -0.122. The van der Waals surface area contributed by atoms with Crippen LogP contribution in [-0.2, 0) is 22.6 Å². The highest BCUT2D eigenvalue weighted by atomic mass is 16.5. The maximum Gasteiger partial charge on any atom is 0.252 e. The standard InChI is InChI=1S/C29H36N4O3/c1-35-21-29(34)33-15-7-5-3-4-6-14-32(19-23-8-11-27(36-2)12-9-23)20-25-16-24(10-13-28(25)33)26-17-30-22-31-18-26/h8-13,16-18,22H,3-7,14-15,19-21H2,1-2H3. The van der Waals surface area contributed by atoms with Crippen molar-refractivity contribution >= 4 is 11.6 Å². The lowest BCUT2D eigenvalue weighted by Gasteiger charge is -2.30. The van der Waals surface area contributed by atoms with Crippen LogP contribution in [-0.4, -0.2) is 54.7 Å². The Balaban J connectivity index is 1.71. The van der Waals surface area contributed by atoms with Gasteiger partial charge >= 0.3 is 0 Å². The number of fused-ring (bicyclic) bond motifs is 1. The molecule has 0 bridgehead atoms. The second-order valence-corrected chi connectivity index (χ2v) is 9.28. The molecule has 1 aliphatic rings. The maximum atomic E-state index is 13.1. The van der Waals surface area contributed by atoms with Gasteiger partial charge in [-0.3, -0.25) is 9.69 Å². The minimum atomic E-state index is -0.00620. The number of benzene rings is 2. The molecule has 2 aromatic carbocycles. The van der Waals surface area contributed by atoms with E-state index in [4.69, 9.17) is 9.47 Å². The van der Waals surface area contributed by atoms with Crippen molar-refractivity contribution in [2.75, 3.05) is 38.8 Å². The average molecular weight is 489 g/mol. The first-order chi connectivity index (χ1) is 17.7. The fourth-order valence-corrected chi connectivity index (χ4v) is 4.76. The van der Waals surface area contributed by atoms with Crippen LogP contribution in [0.5, 0.6) is 5.75 Å². The number of hydrogen-bond acceptors (Lipinski definition) is 6. The highest BCUT2D eigenvalue weighted by Crippen LogP contribution is 2.30. The van der Waals surface area contributed by atoms with Crippen molar-refractivity contribution in [2.45, 2.75) is 45.2 Å². The van der Waals surface area contributed by atoms with Crippen molar-refractivity contribution in [1.82, 2.24) is 14.9 Å². The van der Waals surface area contributed by atoms with Gasteiger partial charge in [-0.2, -0.15) is 0 Å². The summed E-state index contributed by atoms with van der Waals surface area (Å²) in [4.78, 5) is 25.9. The van der Waals surface area contributed by atoms with Gasteiger partial charge in [-0.05, 0) is 60.3 Å². The molecule has 190 valence electrons. The second-order valence-electron chi connectivity index (χ2n) is 9.28. The summed E-state index contributed by atoms with van der Waals surface area (Å²) in [6.45, 7) is 3.33. The molecule has 4 rings (SSSR count). The van der Waals surface area contributed by atoms with Crippen LogP contribution in [0.25, 0.3) is 11.1 Å². The van der Waals surface area contributed by atoms with E-state index in [0.717, 1.165) is 67.0 Å². The summed E-state index contributed by atoms with van der Waals surface area (Å²) in [7, 11) is 3.26. The van der Waals surface area contributed by atoms with Crippen molar-refractivity contribution in [3.8, 4) is 16.9 Å². The minimum Gasteiger partial charge on any atom is -0.497 e. The molecule has 0 atom stereocenters. The smallest absolute Gasteiger partial charge is 0.252 e. The Bertz CT molecular complexity index is 1110. The molecule has 2 heterocycles. The van der Waals surface area contributed by atoms with Crippen LogP contribution in [0.15, 0.2) is 61.2 Å². The number of methoxy groups -OCH3 is 2. The molecular weight excluding hydrogens is 452 g/mol. The quantitative estimate of drug-likeness (QED) is 0.481. The van der Waals surface area contributed by atoms with Gasteiger partial charge in [0.25, 0.3) is 5.91 Å². The van der Waals surface area contributed by atoms with Crippen LogP contribution in [0.3, 0.4) is 0 Å². The molecule has 7 heteroatoms. The van der Waals surface area contributed by atoms with E-state index in [1.54, 1.807) is 20.5 Å². The number of anilines is 1. The molecule has 1 aromatic heterocycles. The Labute approximate surface area is 214 Å². The zero-order chi connectivity index (χ0) is 25.2. The number of amides is 1. The summed E-state index contributed by atoms with van der Waals surface area (Å²) in [6.07, 6.45) is 10.8. The number of aromatic nitrogens is 2. The Hall–Kier alpha value is -3.29. The topological polar surface area (TPSA) is 67.8 Å². The minimum absolute atomic E-state index is 0.00620. The third-order valence-electron chi connectivity index (χ3n) is 6.65. The van der Waals surface area contributed by atoms with E-state index in [-0.39, 0.29) is 12.5 Å². The third-order valence-corrected chi connectivity index (χ3v) is 6.65. The summed E-state index contributed by atoms with van der Waals surface area (Å²) in [5.74, 6) is 0.855. The largest absolute Gasteiger partial charge is 0.497 e. The molecule has 0 saturated heterocycles. The summed E-state index contributed by atoms with van der Waals surface area (Å²) < 4.78 is 10.6. The maximum absolute atomic E-state index is 13.1. The highest BCUT2D eigenvalue weighted by molar-refractivity contribution is 5.95. The van der Waals surface area contributed by atoms with Gasteiger partial charge in [0.1, 0.15) is 18.7 Å². The third kappa shape index (κ3) is 6.89.